The minimum atomic E-state index is -4.44. The molecule has 12 heteroatoms. The molecule has 3 N–H and O–H groups in total. The van der Waals surface area contributed by atoms with Crippen molar-refractivity contribution < 1.29 is 32.2 Å². The number of carbonyl (C=O) groups excluding carboxylic acids is 2. The molecular weight excluding hydrogens is 467 g/mol. The van der Waals surface area contributed by atoms with Gasteiger partial charge in [0.05, 0.1) is 6.20 Å². The van der Waals surface area contributed by atoms with E-state index in [4.69, 9.17) is 10.5 Å². The third-order valence-electron chi connectivity index (χ3n) is 5.10. The number of pyridine rings is 1. The molecule has 1 aromatic carbocycles. The van der Waals surface area contributed by atoms with Gasteiger partial charge in [0.1, 0.15) is 17.2 Å². The van der Waals surface area contributed by atoms with E-state index in [1.54, 1.807) is 24.3 Å². The van der Waals surface area contributed by atoms with E-state index < -0.39 is 18.7 Å². The molecule has 1 saturated heterocycles. The zero-order valence-corrected chi connectivity index (χ0v) is 18.2. The highest BCUT2D eigenvalue weighted by Crippen LogP contribution is 2.26. The second-order valence-corrected chi connectivity index (χ2v) is 7.78. The Morgan fingerprint density at radius 2 is 1.86 bits per heavy atom. The van der Waals surface area contributed by atoms with Crippen molar-refractivity contribution in [3.05, 3.63) is 60.0 Å². The number of hydrogen-bond acceptors (Lipinski definition) is 7. The fourth-order valence-corrected chi connectivity index (χ4v) is 3.42. The highest BCUT2D eigenvalue weighted by molar-refractivity contribution is 5.91. The summed E-state index contributed by atoms with van der Waals surface area (Å²) in [6, 6.07) is 10.8. The molecule has 1 atom stereocenters. The van der Waals surface area contributed by atoms with Crippen molar-refractivity contribution in [2.75, 3.05) is 13.2 Å². The smallest absolute Gasteiger partial charge is 0.422 e. The number of nitrogens with two attached hydrogens (primary N) is 1. The lowest BCUT2D eigenvalue weighted by Gasteiger charge is -2.11. The maximum Gasteiger partial charge on any atom is 0.422 e. The van der Waals surface area contributed by atoms with E-state index in [-0.39, 0.29) is 35.0 Å². The largest absolute Gasteiger partial charge is 0.483 e. The van der Waals surface area contributed by atoms with Crippen LogP contribution < -0.4 is 20.5 Å². The van der Waals surface area contributed by atoms with Crippen LogP contribution in [0.4, 0.5) is 13.2 Å². The Morgan fingerprint density at radius 1 is 1.11 bits per heavy atom. The number of benzene rings is 1. The highest BCUT2D eigenvalue weighted by atomic mass is 19.4. The lowest BCUT2D eigenvalue weighted by Crippen LogP contribution is -2.21. The number of carbonyl (C=O) groups is 2. The van der Waals surface area contributed by atoms with Gasteiger partial charge in [-0.1, -0.05) is 0 Å². The SMILES string of the molecule is NC(=O)c1cc(C[C@H]2CCNC2=O)nc(-c2ccc(Oc3ccc(OCC(F)(F)F)cn3)cc2)n1. The minimum Gasteiger partial charge on any atom is -0.483 e. The number of amides is 2. The summed E-state index contributed by atoms with van der Waals surface area (Å²) in [7, 11) is 0. The van der Waals surface area contributed by atoms with Gasteiger partial charge >= 0.3 is 6.18 Å². The van der Waals surface area contributed by atoms with Gasteiger partial charge < -0.3 is 20.5 Å². The Hall–Kier alpha value is -4.22. The highest BCUT2D eigenvalue weighted by Gasteiger charge is 2.28. The fourth-order valence-electron chi connectivity index (χ4n) is 3.42. The van der Waals surface area contributed by atoms with Crippen molar-refractivity contribution in [3.8, 4) is 28.8 Å². The summed E-state index contributed by atoms with van der Waals surface area (Å²) in [6.45, 7) is -0.811. The van der Waals surface area contributed by atoms with Crippen LogP contribution in [0.2, 0.25) is 0 Å². The lowest BCUT2D eigenvalue weighted by molar-refractivity contribution is -0.153. The fraction of sp³-hybridized carbons (Fsp3) is 0.261. The minimum absolute atomic E-state index is 0.0395. The van der Waals surface area contributed by atoms with Gasteiger partial charge in [0.2, 0.25) is 11.8 Å². The number of ether oxygens (including phenoxy) is 2. The summed E-state index contributed by atoms with van der Waals surface area (Å²) in [6.07, 6.45) is -2.27. The van der Waals surface area contributed by atoms with Crippen molar-refractivity contribution in [1.29, 1.82) is 0 Å². The molecule has 0 radical (unpaired) electrons. The Labute approximate surface area is 197 Å². The van der Waals surface area contributed by atoms with E-state index in [2.05, 4.69) is 25.0 Å². The number of rotatable bonds is 8. The molecule has 1 fully saturated rings. The molecule has 2 aromatic heterocycles. The van der Waals surface area contributed by atoms with Crippen LogP contribution in [0.1, 0.15) is 22.6 Å². The predicted octanol–water partition coefficient (Wildman–Crippen LogP) is 3.05. The molecule has 2 amide bonds. The molecule has 0 bridgehead atoms. The van der Waals surface area contributed by atoms with Crippen molar-refractivity contribution in [2.24, 2.45) is 11.7 Å². The molecule has 0 aliphatic carbocycles. The molecule has 3 heterocycles. The average Bonchev–Trinajstić information content (AvgIpc) is 3.22. The van der Waals surface area contributed by atoms with Crippen LogP contribution in [0.5, 0.6) is 17.4 Å². The molecule has 182 valence electrons. The van der Waals surface area contributed by atoms with Crippen LogP contribution in [0.15, 0.2) is 48.7 Å². The zero-order valence-electron chi connectivity index (χ0n) is 18.2. The van der Waals surface area contributed by atoms with Gasteiger partial charge in [0.15, 0.2) is 12.4 Å². The first-order valence-electron chi connectivity index (χ1n) is 10.6. The van der Waals surface area contributed by atoms with E-state index >= 15 is 0 Å². The van der Waals surface area contributed by atoms with Crippen molar-refractivity contribution in [3.63, 3.8) is 0 Å². The van der Waals surface area contributed by atoms with Gasteiger partial charge in [-0.05, 0) is 42.8 Å². The first kappa shape index (κ1) is 23.9. The van der Waals surface area contributed by atoms with Crippen LogP contribution in [-0.4, -0.2) is 46.1 Å². The zero-order chi connectivity index (χ0) is 25.0. The van der Waals surface area contributed by atoms with Crippen LogP contribution >= 0.6 is 0 Å². The molecule has 35 heavy (non-hydrogen) atoms. The maximum atomic E-state index is 12.2. The summed E-state index contributed by atoms with van der Waals surface area (Å²) in [4.78, 5) is 36.3. The number of nitrogens with one attached hydrogen (secondary N) is 1. The molecule has 3 aromatic rings. The molecule has 0 spiro atoms. The molecule has 1 aliphatic heterocycles. The van der Waals surface area contributed by atoms with E-state index in [1.807, 2.05) is 0 Å². The summed E-state index contributed by atoms with van der Waals surface area (Å²) in [5.41, 5.74) is 6.58. The number of aromatic nitrogens is 3. The van der Waals surface area contributed by atoms with Gasteiger partial charge in [-0.3, -0.25) is 9.59 Å². The molecule has 4 rings (SSSR count). The summed E-state index contributed by atoms with van der Waals surface area (Å²) in [5, 5.41) is 2.77. The topological polar surface area (TPSA) is 129 Å². The first-order valence-corrected chi connectivity index (χ1v) is 10.6. The molecule has 0 saturated carbocycles. The monoisotopic (exact) mass is 487 g/mol. The van der Waals surface area contributed by atoms with Gasteiger partial charge in [-0.15, -0.1) is 0 Å². The van der Waals surface area contributed by atoms with Gasteiger partial charge in [0.25, 0.3) is 5.91 Å². The van der Waals surface area contributed by atoms with E-state index in [0.29, 0.717) is 36.4 Å². The average molecular weight is 487 g/mol. The standard InChI is InChI=1S/C23H20F3N5O4/c24-23(25,26)12-34-17-5-6-19(29-11-17)35-16-3-1-13(2-4-16)21-30-15(10-18(31-21)20(27)32)9-14-7-8-28-22(14)33/h1-6,10-11,14H,7-9,12H2,(H2,27,32)(H,28,33)/t14-/m1/s1. The second-order valence-electron chi connectivity index (χ2n) is 7.78. The quantitative estimate of drug-likeness (QED) is 0.500. The lowest BCUT2D eigenvalue weighted by atomic mass is 10.0. The van der Waals surface area contributed by atoms with Gasteiger partial charge in [0, 0.05) is 36.2 Å². The predicted molar refractivity (Wildman–Crippen MR) is 117 cm³/mol. The third kappa shape index (κ3) is 6.43. The van der Waals surface area contributed by atoms with Crippen LogP contribution in [0, 0.1) is 5.92 Å². The van der Waals surface area contributed by atoms with Crippen molar-refractivity contribution in [2.45, 2.75) is 19.0 Å². The third-order valence-corrected chi connectivity index (χ3v) is 5.10. The Morgan fingerprint density at radius 3 is 2.46 bits per heavy atom. The van der Waals surface area contributed by atoms with E-state index in [1.165, 1.54) is 18.2 Å². The summed E-state index contributed by atoms with van der Waals surface area (Å²) < 4.78 is 46.9. The van der Waals surface area contributed by atoms with Crippen LogP contribution in [0.3, 0.4) is 0 Å². The van der Waals surface area contributed by atoms with Crippen molar-refractivity contribution in [1.82, 2.24) is 20.3 Å². The Balaban J connectivity index is 1.47. The van der Waals surface area contributed by atoms with Crippen LogP contribution in [0.25, 0.3) is 11.4 Å². The van der Waals surface area contributed by atoms with Crippen molar-refractivity contribution >= 4 is 11.8 Å². The molecule has 1 aliphatic rings. The first-order chi connectivity index (χ1) is 16.7. The maximum absolute atomic E-state index is 12.2. The van der Waals surface area contributed by atoms with Crippen LogP contribution in [-0.2, 0) is 11.2 Å². The summed E-state index contributed by atoms with van der Waals surface area (Å²) in [5.74, 6) is -0.208. The Kier molecular flexibility index (Phi) is 6.80. The number of halogens is 3. The number of alkyl halides is 3. The van der Waals surface area contributed by atoms with Gasteiger partial charge in [-0.2, -0.15) is 13.2 Å². The van der Waals surface area contributed by atoms with Gasteiger partial charge in [-0.25, -0.2) is 15.0 Å². The number of nitrogens with zero attached hydrogens (tertiary/aromatic N) is 3. The molecule has 9 nitrogen and oxygen atoms in total. The summed E-state index contributed by atoms with van der Waals surface area (Å²) >= 11 is 0. The Bertz CT molecular complexity index is 1220. The number of primary amides is 1. The molecule has 0 unspecified atom stereocenters. The molecular formula is C23H20F3N5O4. The normalized spacial score (nSPS) is 15.5. The number of hydrogen-bond donors (Lipinski definition) is 2. The van der Waals surface area contributed by atoms with E-state index in [0.717, 1.165) is 6.20 Å². The van der Waals surface area contributed by atoms with E-state index in [9.17, 15) is 22.8 Å². The second kappa shape index (κ2) is 9.95.